The molecule has 19 heavy (non-hydrogen) atoms. The molecule has 0 bridgehead atoms. The van der Waals surface area contributed by atoms with Crippen molar-refractivity contribution in [3.8, 4) is 0 Å². The molecule has 1 heterocycles. The summed E-state index contributed by atoms with van der Waals surface area (Å²) in [4.78, 5) is 2.62. The van der Waals surface area contributed by atoms with Gasteiger partial charge in [-0.3, -0.25) is 0 Å². The SMILES string of the molecule is CCOC1CCCN(CCC2(NC)CCCCC2)C1. The highest BCUT2D eigenvalue weighted by Gasteiger charge is 2.31. The van der Waals surface area contributed by atoms with E-state index in [-0.39, 0.29) is 0 Å². The van der Waals surface area contributed by atoms with Gasteiger partial charge in [0, 0.05) is 18.7 Å². The summed E-state index contributed by atoms with van der Waals surface area (Å²) in [6.07, 6.45) is 11.3. The maximum atomic E-state index is 5.80. The molecule has 2 fully saturated rings. The van der Waals surface area contributed by atoms with E-state index in [4.69, 9.17) is 4.74 Å². The molecule has 0 aromatic carbocycles. The standard InChI is InChI=1S/C16H32N2O/c1-3-19-15-8-7-12-18(14-15)13-11-16(17-2)9-5-4-6-10-16/h15,17H,3-14H2,1-2H3. The van der Waals surface area contributed by atoms with Gasteiger partial charge in [0.2, 0.25) is 0 Å². The van der Waals surface area contributed by atoms with Crippen LogP contribution in [-0.2, 0) is 4.74 Å². The maximum Gasteiger partial charge on any atom is 0.0702 e. The number of nitrogens with zero attached hydrogens (tertiary/aromatic N) is 1. The number of hydrogen-bond donors (Lipinski definition) is 1. The first kappa shape index (κ1) is 15.3. The highest BCUT2D eigenvalue weighted by Crippen LogP contribution is 2.31. The van der Waals surface area contributed by atoms with E-state index in [0.717, 1.165) is 13.2 Å². The number of ether oxygens (including phenoxy) is 1. The lowest BCUT2D eigenvalue weighted by Crippen LogP contribution is -2.48. The molecule has 1 saturated carbocycles. The molecule has 0 aromatic heterocycles. The normalized spacial score (nSPS) is 28.4. The average Bonchev–Trinajstić information content (AvgIpc) is 2.47. The second kappa shape index (κ2) is 7.61. The summed E-state index contributed by atoms with van der Waals surface area (Å²) in [7, 11) is 2.16. The van der Waals surface area contributed by atoms with Gasteiger partial charge < -0.3 is 15.0 Å². The molecule has 1 atom stereocenters. The van der Waals surface area contributed by atoms with E-state index >= 15 is 0 Å². The van der Waals surface area contributed by atoms with Crippen molar-refractivity contribution in [2.75, 3.05) is 33.3 Å². The zero-order valence-electron chi connectivity index (χ0n) is 12.9. The first-order valence-electron chi connectivity index (χ1n) is 8.31. The highest BCUT2D eigenvalue weighted by atomic mass is 16.5. The van der Waals surface area contributed by atoms with Gasteiger partial charge in [0.1, 0.15) is 0 Å². The van der Waals surface area contributed by atoms with Crippen molar-refractivity contribution in [1.29, 1.82) is 0 Å². The van der Waals surface area contributed by atoms with Gasteiger partial charge in [-0.05, 0) is 59.2 Å². The molecule has 112 valence electrons. The molecule has 0 amide bonds. The van der Waals surface area contributed by atoms with Crippen LogP contribution in [-0.4, -0.2) is 49.8 Å². The monoisotopic (exact) mass is 268 g/mol. The average molecular weight is 268 g/mol. The molecular formula is C16H32N2O. The van der Waals surface area contributed by atoms with Crippen LogP contribution in [0.1, 0.15) is 58.3 Å². The van der Waals surface area contributed by atoms with E-state index < -0.39 is 0 Å². The Morgan fingerprint density at radius 3 is 2.68 bits per heavy atom. The number of nitrogens with one attached hydrogen (secondary N) is 1. The lowest BCUT2D eigenvalue weighted by molar-refractivity contribution is 0.00291. The van der Waals surface area contributed by atoms with Crippen LogP contribution in [0.2, 0.25) is 0 Å². The zero-order chi connectivity index (χ0) is 13.6. The summed E-state index contributed by atoms with van der Waals surface area (Å²) < 4.78 is 5.80. The fourth-order valence-corrected chi connectivity index (χ4v) is 3.81. The van der Waals surface area contributed by atoms with E-state index in [1.165, 1.54) is 64.5 Å². The van der Waals surface area contributed by atoms with Gasteiger partial charge in [0.05, 0.1) is 6.10 Å². The van der Waals surface area contributed by atoms with Crippen LogP contribution >= 0.6 is 0 Å². The van der Waals surface area contributed by atoms with Crippen LogP contribution in [0.4, 0.5) is 0 Å². The van der Waals surface area contributed by atoms with Crippen LogP contribution in [0.25, 0.3) is 0 Å². The molecule has 2 aliphatic rings. The first-order chi connectivity index (χ1) is 9.28. The lowest BCUT2D eigenvalue weighted by atomic mass is 9.79. The Bertz CT molecular complexity index is 249. The molecule has 1 saturated heterocycles. The third-order valence-electron chi connectivity index (χ3n) is 5.11. The predicted octanol–water partition coefficient (Wildman–Crippen LogP) is 2.80. The van der Waals surface area contributed by atoms with Crippen LogP contribution in [0.3, 0.4) is 0 Å². The van der Waals surface area contributed by atoms with Crippen LogP contribution < -0.4 is 5.32 Å². The Hall–Kier alpha value is -0.120. The van der Waals surface area contributed by atoms with Gasteiger partial charge in [-0.15, -0.1) is 0 Å². The molecule has 2 rings (SSSR count). The van der Waals surface area contributed by atoms with Crippen molar-refractivity contribution in [1.82, 2.24) is 10.2 Å². The summed E-state index contributed by atoms with van der Waals surface area (Å²) in [6.45, 7) is 6.62. The quantitative estimate of drug-likeness (QED) is 0.801. The maximum absolute atomic E-state index is 5.80. The molecular weight excluding hydrogens is 236 g/mol. The molecule has 0 spiro atoms. The minimum atomic E-state index is 0.427. The van der Waals surface area contributed by atoms with E-state index in [1.54, 1.807) is 0 Å². The molecule has 1 N–H and O–H groups in total. The Morgan fingerprint density at radius 2 is 2.00 bits per heavy atom. The van der Waals surface area contributed by atoms with Crippen molar-refractivity contribution in [3.63, 3.8) is 0 Å². The summed E-state index contributed by atoms with van der Waals surface area (Å²) in [5, 5.41) is 3.64. The highest BCUT2D eigenvalue weighted by molar-refractivity contribution is 4.90. The number of piperidine rings is 1. The second-order valence-corrected chi connectivity index (χ2v) is 6.36. The van der Waals surface area contributed by atoms with Gasteiger partial charge in [-0.1, -0.05) is 19.3 Å². The van der Waals surface area contributed by atoms with Gasteiger partial charge in [-0.2, -0.15) is 0 Å². The van der Waals surface area contributed by atoms with Crippen molar-refractivity contribution < 1.29 is 4.74 Å². The molecule has 0 radical (unpaired) electrons. The van der Waals surface area contributed by atoms with Gasteiger partial charge in [0.25, 0.3) is 0 Å². The number of likely N-dealkylation sites (tertiary alicyclic amines) is 1. The first-order valence-corrected chi connectivity index (χ1v) is 8.31. The summed E-state index contributed by atoms with van der Waals surface area (Å²) in [6, 6.07) is 0. The summed E-state index contributed by atoms with van der Waals surface area (Å²) >= 11 is 0. The Balaban J connectivity index is 1.76. The lowest BCUT2D eigenvalue weighted by Gasteiger charge is -2.40. The van der Waals surface area contributed by atoms with E-state index in [0.29, 0.717) is 11.6 Å². The van der Waals surface area contributed by atoms with Gasteiger partial charge in [-0.25, -0.2) is 0 Å². The number of hydrogen-bond acceptors (Lipinski definition) is 3. The molecule has 3 nitrogen and oxygen atoms in total. The topological polar surface area (TPSA) is 24.5 Å². The largest absolute Gasteiger partial charge is 0.377 e. The molecule has 1 aliphatic heterocycles. The molecule has 3 heteroatoms. The fourth-order valence-electron chi connectivity index (χ4n) is 3.81. The van der Waals surface area contributed by atoms with Crippen molar-refractivity contribution in [2.24, 2.45) is 0 Å². The fraction of sp³-hybridized carbons (Fsp3) is 1.00. The Morgan fingerprint density at radius 1 is 1.21 bits per heavy atom. The van der Waals surface area contributed by atoms with Crippen molar-refractivity contribution in [3.05, 3.63) is 0 Å². The molecule has 1 aliphatic carbocycles. The van der Waals surface area contributed by atoms with Gasteiger partial charge >= 0.3 is 0 Å². The van der Waals surface area contributed by atoms with E-state index in [2.05, 4.69) is 24.2 Å². The van der Waals surface area contributed by atoms with Crippen LogP contribution in [0.5, 0.6) is 0 Å². The summed E-state index contributed by atoms with van der Waals surface area (Å²) in [5.41, 5.74) is 0.427. The second-order valence-electron chi connectivity index (χ2n) is 6.36. The smallest absolute Gasteiger partial charge is 0.0702 e. The van der Waals surface area contributed by atoms with E-state index in [9.17, 15) is 0 Å². The van der Waals surface area contributed by atoms with Crippen molar-refractivity contribution >= 4 is 0 Å². The Kier molecular flexibility index (Phi) is 6.11. The number of rotatable bonds is 6. The van der Waals surface area contributed by atoms with Crippen molar-refractivity contribution in [2.45, 2.75) is 69.9 Å². The van der Waals surface area contributed by atoms with Crippen LogP contribution in [0, 0.1) is 0 Å². The predicted molar refractivity (Wildman–Crippen MR) is 80.6 cm³/mol. The minimum absolute atomic E-state index is 0.427. The zero-order valence-corrected chi connectivity index (χ0v) is 12.9. The van der Waals surface area contributed by atoms with Crippen LogP contribution in [0.15, 0.2) is 0 Å². The molecule has 0 aromatic rings. The minimum Gasteiger partial charge on any atom is -0.377 e. The Labute approximate surface area is 119 Å². The third kappa shape index (κ3) is 4.44. The summed E-state index contributed by atoms with van der Waals surface area (Å²) in [5.74, 6) is 0. The molecule has 1 unspecified atom stereocenters. The van der Waals surface area contributed by atoms with Gasteiger partial charge in [0.15, 0.2) is 0 Å². The third-order valence-corrected chi connectivity index (χ3v) is 5.11. The van der Waals surface area contributed by atoms with E-state index in [1.807, 2.05) is 0 Å².